The molecule has 1 amide bonds. The van der Waals surface area contributed by atoms with Crippen molar-refractivity contribution in [1.29, 1.82) is 0 Å². The third kappa shape index (κ3) is 4.61. The first kappa shape index (κ1) is 21.5. The molecule has 0 aliphatic rings. The SMILES string of the molecule is CCOc1ccc(CCNC(=O)c2cc3cc4ccc(OC)cc4nc3o2)cc1OCC. The lowest BCUT2D eigenvalue weighted by atomic mass is 10.1. The second-order valence-electron chi connectivity index (χ2n) is 7.21. The summed E-state index contributed by atoms with van der Waals surface area (Å²) < 4.78 is 22.2. The van der Waals surface area contributed by atoms with Gasteiger partial charge in [-0.15, -0.1) is 0 Å². The number of rotatable bonds is 9. The van der Waals surface area contributed by atoms with Gasteiger partial charge in [0.15, 0.2) is 17.3 Å². The molecule has 1 N–H and O–H groups in total. The van der Waals surface area contributed by atoms with E-state index in [9.17, 15) is 4.79 Å². The molecule has 0 spiro atoms. The number of ether oxygens (including phenoxy) is 3. The van der Waals surface area contributed by atoms with Crippen molar-refractivity contribution in [2.45, 2.75) is 20.3 Å². The zero-order chi connectivity index (χ0) is 22.5. The highest BCUT2D eigenvalue weighted by Gasteiger charge is 2.14. The predicted octanol–water partition coefficient (Wildman–Crippen LogP) is 4.76. The number of pyridine rings is 1. The fourth-order valence-corrected chi connectivity index (χ4v) is 3.50. The minimum Gasteiger partial charge on any atom is -0.497 e. The van der Waals surface area contributed by atoms with Gasteiger partial charge in [-0.3, -0.25) is 4.79 Å². The maximum atomic E-state index is 12.6. The van der Waals surface area contributed by atoms with Gasteiger partial charge < -0.3 is 23.9 Å². The van der Waals surface area contributed by atoms with E-state index < -0.39 is 0 Å². The number of amides is 1. The van der Waals surface area contributed by atoms with Crippen LogP contribution in [0.15, 0.2) is 52.9 Å². The normalized spacial score (nSPS) is 11.0. The van der Waals surface area contributed by atoms with Crippen LogP contribution >= 0.6 is 0 Å². The Hall–Kier alpha value is -3.74. The Balaban J connectivity index is 1.43. The molecular weight excluding hydrogens is 408 g/mol. The summed E-state index contributed by atoms with van der Waals surface area (Å²) in [5.41, 5.74) is 2.21. The number of fused-ring (bicyclic) bond motifs is 2. The molecule has 0 unspecified atom stereocenters. The third-order valence-corrected chi connectivity index (χ3v) is 5.04. The van der Waals surface area contributed by atoms with Crippen molar-refractivity contribution < 1.29 is 23.4 Å². The summed E-state index contributed by atoms with van der Waals surface area (Å²) in [7, 11) is 1.61. The first-order valence-corrected chi connectivity index (χ1v) is 10.7. The molecule has 7 nitrogen and oxygen atoms in total. The Labute approximate surface area is 186 Å². The number of methoxy groups -OCH3 is 1. The van der Waals surface area contributed by atoms with Crippen LogP contribution < -0.4 is 19.5 Å². The lowest BCUT2D eigenvalue weighted by molar-refractivity contribution is 0.0928. The van der Waals surface area contributed by atoms with Crippen LogP contribution in [-0.4, -0.2) is 37.8 Å². The Morgan fingerprint density at radius 2 is 1.78 bits per heavy atom. The van der Waals surface area contributed by atoms with Crippen LogP contribution in [-0.2, 0) is 6.42 Å². The number of benzene rings is 2. The lowest BCUT2D eigenvalue weighted by Gasteiger charge is -2.12. The molecule has 0 atom stereocenters. The van der Waals surface area contributed by atoms with E-state index in [1.165, 1.54) is 0 Å². The molecule has 7 heteroatoms. The summed E-state index contributed by atoms with van der Waals surface area (Å²) in [6.07, 6.45) is 0.653. The molecule has 32 heavy (non-hydrogen) atoms. The third-order valence-electron chi connectivity index (χ3n) is 5.04. The monoisotopic (exact) mass is 434 g/mol. The Kier molecular flexibility index (Phi) is 6.44. The molecule has 0 radical (unpaired) electrons. The molecule has 0 saturated heterocycles. The molecule has 2 heterocycles. The maximum absolute atomic E-state index is 12.6. The van der Waals surface area contributed by atoms with Crippen molar-refractivity contribution in [3.05, 3.63) is 59.9 Å². The second-order valence-corrected chi connectivity index (χ2v) is 7.21. The highest BCUT2D eigenvalue weighted by atomic mass is 16.5. The number of carbonyl (C=O) groups excluding carboxylic acids is 1. The van der Waals surface area contributed by atoms with Crippen molar-refractivity contribution in [3.8, 4) is 17.2 Å². The van der Waals surface area contributed by atoms with Crippen LogP contribution in [0, 0.1) is 0 Å². The van der Waals surface area contributed by atoms with Crippen molar-refractivity contribution >= 4 is 27.9 Å². The quantitative estimate of drug-likeness (QED) is 0.409. The molecule has 166 valence electrons. The zero-order valence-electron chi connectivity index (χ0n) is 18.4. The van der Waals surface area contributed by atoms with Crippen LogP contribution in [0.3, 0.4) is 0 Å². The van der Waals surface area contributed by atoms with Crippen LogP contribution in [0.1, 0.15) is 30.0 Å². The Morgan fingerprint density at radius 1 is 0.969 bits per heavy atom. The van der Waals surface area contributed by atoms with Crippen molar-refractivity contribution in [3.63, 3.8) is 0 Å². The number of furan rings is 1. The topological polar surface area (TPSA) is 82.8 Å². The first-order chi connectivity index (χ1) is 15.6. The number of carbonyl (C=O) groups is 1. The van der Waals surface area contributed by atoms with Gasteiger partial charge in [0.1, 0.15) is 5.75 Å². The van der Waals surface area contributed by atoms with Gasteiger partial charge >= 0.3 is 0 Å². The number of hydrogen-bond donors (Lipinski definition) is 1. The van der Waals surface area contributed by atoms with E-state index in [0.717, 1.165) is 33.4 Å². The van der Waals surface area contributed by atoms with E-state index in [1.807, 2.05) is 56.3 Å². The van der Waals surface area contributed by atoms with E-state index in [4.69, 9.17) is 18.6 Å². The molecule has 0 aliphatic carbocycles. The van der Waals surface area contributed by atoms with Gasteiger partial charge in [0.25, 0.3) is 5.91 Å². The van der Waals surface area contributed by atoms with Gasteiger partial charge in [-0.25, -0.2) is 4.98 Å². The predicted molar refractivity (Wildman–Crippen MR) is 123 cm³/mol. The van der Waals surface area contributed by atoms with Gasteiger partial charge in [0.2, 0.25) is 5.71 Å². The van der Waals surface area contributed by atoms with Crippen LogP contribution in [0.25, 0.3) is 22.0 Å². The summed E-state index contributed by atoms with van der Waals surface area (Å²) >= 11 is 0. The lowest BCUT2D eigenvalue weighted by Crippen LogP contribution is -2.25. The average molecular weight is 434 g/mol. The van der Waals surface area contributed by atoms with Crippen LogP contribution in [0.5, 0.6) is 17.2 Å². The average Bonchev–Trinajstić information content (AvgIpc) is 3.22. The van der Waals surface area contributed by atoms with Gasteiger partial charge in [-0.1, -0.05) is 6.07 Å². The fourth-order valence-electron chi connectivity index (χ4n) is 3.50. The molecule has 4 rings (SSSR count). The molecular formula is C25H26N2O5. The summed E-state index contributed by atoms with van der Waals surface area (Å²) in [4.78, 5) is 17.1. The van der Waals surface area contributed by atoms with E-state index in [2.05, 4.69) is 10.3 Å². The first-order valence-electron chi connectivity index (χ1n) is 10.7. The Bertz CT molecular complexity index is 1250. The summed E-state index contributed by atoms with van der Waals surface area (Å²) in [5, 5.41) is 4.64. The minimum absolute atomic E-state index is 0.233. The highest BCUT2D eigenvalue weighted by molar-refractivity contribution is 5.98. The van der Waals surface area contributed by atoms with Gasteiger partial charge in [0, 0.05) is 23.4 Å². The molecule has 0 fully saturated rings. The van der Waals surface area contributed by atoms with Gasteiger partial charge in [-0.05, 0) is 62.2 Å². The minimum atomic E-state index is -0.277. The number of nitrogens with one attached hydrogen (secondary N) is 1. The van der Waals surface area contributed by atoms with Gasteiger partial charge in [0.05, 0.1) is 25.8 Å². The summed E-state index contributed by atoms with van der Waals surface area (Å²) in [5.74, 6) is 2.11. The van der Waals surface area contributed by atoms with Gasteiger partial charge in [-0.2, -0.15) is 0 Å². The summed E-state index contributed by atoms with van der Waals surface area (Å²) in [6.45, 7) is 5.46. The van der Waals surface area contributed by atoms with Crippen LogP contribution in [0.4, 0.5) is 0 Å². The molecule has 0 aliphatic heterocycles. The van der Waals surface area contributed by atoms with Crippen LogP contribution in [0.2, 0.25) is 0 Å². The molecule has 2 aromatic heterocycles. The van der Waals surface area contributed by atoms with Crippen molar-refractivity contribution in [2.75, 3.05) is 26.9 Å². The van der Waals surface area contributed by atoms with E-state index >= 15 is 0 Å². The second kappa shape index (κ2) is 9.60. The smallest absolute Gasteiger partial charge is 0.287 e. The highest BCUT2D eigenvalue weighted by Crippen LogP contribution is 2.29. The largest absolute Gasteiger partial charge is 0.497 e. The van der Waals surface area contributed by atoms with E-state index in [0.29, 0.717) is 37.6 Å². The molecule has 0 bridgehead atoms. The van der Waals surface area contributed by atoms with Crippen molar-refractivity contribution in [2.24, 2.45) is 0 Å². The molecule has 2 aromatic carbocycles. The standard InChI is InChI=1S/C25H26N2O5/c1-4-30-21-9-6-16(12-22(21)31-5-2)10-11-26-24(28)23-14-18-13-17-7-8-19(29-3)15-20(17)27-25(18)32-23/h6-9,12-15H,4-5,10-11H2,1-3H3,(H,26,28). The Morgan fingerprint density at radius 3 is 2.56 bits per heavy atom. The zero-order valence-corrected chi connectivity index (χ0v) is 18.4. The fraction of sp³-hybridized carbons (Fsp3) is 0.280. The number of hydrogen-bond acceptors (Lipinski definition) is 6. The van der Waals surface area contributed by atoms with E-state index in [1.54, 1.807) is 13.2 Å². The maximum Gasteiger partial charge on any atom is 0.287 e. The number of aromatic nitrogens is 1. The molecule has 0 saturated carbocycles. The number of nitrogens with zero attached hydrogens (tertiary/aromatic N) is 1. The van der Waals surface area contributed by atoms with E-state index in [-0.39, 0.29) is 11.7 Å². The molecule has 4 aromatic rings. The summed E-state index contributed by atoms with van der Waals surface area (Å²) in [6, 6.07) is 15.1. The van der Waals surface area contributed by atoms with Crippen molar-refractivity contribution in [1.82, 2.24) is 10.3 Å².